The fourth-order valence-electron chi connectivity index (χ4n) is 1.58. The summed E-state index contributed by atoms with van der Waals surface area (Å²) in [5, 5.41) is 3.61. The van der Waals surface area contributed by atoms with E-state index in [1.54, 1.807) is 12.1 Å². The van der Waals surface area contributed by atoms with E-state index in [0.717, 1.165) is 24.8 Å². The molecule has 1 aliphatic rings. The molecule has 2 rings (SSSR count). The Hall–Kier alpha value is -0.800. The van der Waals surface area contributed by atoms with Crippen molar-refractivity contribution in [3.63, 3.8) is 0 Å². The first-order valence-corrected chi connectivity index (χ1v) is 5.94. The Morgan fingerprint density at radius 2 is 2.25 bits per heavy atom. The van der Waals surface area contributed by atoms with Crippen molar-refractivity contribution in [2.45, 2.75) is 18.9 Å². The summed E-state index contributed by atoms with van der Waals surface area (Å²) in [5.41, 5.74) is 0.948. The van der Waals surface area contributed by atoms with Gasteiger partial charge in [0.2, 0.25) is 0 Å². The van der Waals surface area contributed by atoms with Crippen molar-refractivity contribution >= 4 is 17.3 Å². The zero-order chi connectivity index (χ0) is 11.5. The largest absolute Gasteiger partial charge is 0.373 e. The minimum atomic E-state index is -0.366. The van der Waals surface area contributed by atoms with E-state index in [4.69, 9.17) is 11.6 Å². The number of nitrogens with one attached hydrogen (secondary N) is 1. The van der Waals surface area contributed by atoms with E-state index in [0.29, 0.717) is 0 Å². The van der Waals surface area contributed by atoms with E-state index < -0.39 is 0 Å². The maximum atomic E-state index is 13.0. The number of rotatable bonds is 5. The molecule has 0 saturated heterocycles. The Kier molecular flexibility index (Phi) is 3.66. The first-order chi connectivity index (χ1) is 7.66. The van der Waals surface area contributed by atoms with Gasteiger partial charge in [0.05, 0.1) is 5.02 Å². The molecule has 0 unspecified atom stereocenters. The first-order valence-electron chi connectivity index (χ1n) is 5.56. The molecule has 16 heavy (non-hydrogen) atoms. The topological polar surface area (TPSA) is 15.3 Å². The second-order valence-corrected chi connectivity index (χ2v) is 4.66. The maximum absolute atomic E-state index is 13.0. The molecule has 0 amide bonds. The molecule has 1 aliphatic carbocycles. The summed E-state index contributed by atoms with van der Waals surface area (Å²) in [6.45, 7) is 1.86. The van der Waals surface area contributed by atoms with Crippen molar-refractivity contribution in [2.24, 2.45) is 0 Å². The van der Waals surface area contributed by atoms with Crippen molar-refractivity contribution in [3.05, 3.63) is 29.0 Å². The summed E-state index contributed by atoms with van der Waals surface area (Å²) < 4.78 is 13.0. The van der Waals surface area contributed by atoms with E-state index in [-0.39, 0.29) is 10.8 Å². The van der Waals surface area contributed by atoms with Gasteiger partial charge in [-0.3, -0.25) is 0 Å². The highest BCUT2D eigenvalue weighted by atomic mass is 35.5. The lowest BCUT2D eigenvalue weighted by Crippen LogP contribution is -2.30. The van der Waals surface area contributed by atoms with Gasteiger partial charge in [-0.1, -0.05) is 11.6 Å². The molecule has 1 saturated carbocycles. The van der Waals surface area contributed by atoms with Crippen LogP contribution in [0.25, 0.3) is 0 Å². The zero-order valence-electron chi connectivity index (χ0n) is 9.34. The summed E-state index contributed by atoms with van der Waals surface area (Å²) in [6, 6.07) is 5.54. The number of halogens is 2. The molecule has 0 radical (unpaired) electrons. The first kappa shape index (κ1) is 11.7. The van der Waals surface area contributed by atoms with Gasteiger partial charge in [0, 0.05) is 31.9 Å². The molecule has 0 heterocycles. The van der Waals surface area contributed by atoms with Gasteiger partial charge >= 0.3 is 0 Å². The molecule has 1 N–H and O–H groups in total. The van der Waals surface area contributed by atoms with Crippen LogP contribution in [0.4, 0.5) is 10.1 Å². The third-order valence-electron chi connectivity index (χ3n) is 2.80. The van der Waals surface area contributed by atoms with Crippen molar-refractivity contribution in [1.82, 2.24) is 5.32 Å². The molecule has 0 aliphatic heterocycles. The molecule has 1 aromatic carbocycles. The monoisotopic (exact) mass is 242 g/mol. The van der Waals surface area contributed by atoms with Crippen LogP contribution in [0.1, 0.15) is 12.8 Å². The molecule has 1 aromatic rings. The fraction of sp³-hybridized carbons (Fsp3) is 0.500. The van der Waals surface area contributed by atoms with Crippen LogP contribution in [-0.2, 0) is 0 Å². The third kappa shape index (κ3) is 3.09. The molecule has 1 fully saturated rings. The molecule has 0 atom stereocenters. The second kappa shape index (κ2) is 5.02. The maximum Gasteiger partial charge on any atom is 0.141 e. The average molecular weight is 243 g/mol. The molecule has 4 heteroatoms. The van der Waals surface area contributed by atoms with E-state index in [1.165, 1.54) is 18.9 Å². The summed E-state index contributed by atoms with van der Waals surface area (Å²) in [6.07, 6.45) is 2.60. The van der Waals surface area contributed by atoms with Crippen molar-refractivity contribution in [3.8, 4) is 0 Å². The SMILES string of the molecule is CN(CCNC1CC1)c1ccc(F)c(Cl)c1. The predicted octanol–water partition coefficient (Wildman–Crippen LogP) is 2.67. The summed E-state index contributed by atoms with van der Waals surface area (Å²) in [4.78, 5) is 2.07. The summed E-state index contributed by atoms with van der Waals surface area (Å²) in [7, 11) is 1.98. The molecule has 0 aromatic heterocycles. The van der Waals surface area contributed by atoms with E-state index >= 15 is 0 Å². The molecular weight excluding hydrogens is 227 g/mol. The van der Waals surface area contributed by atoms with Crippen molar-refractivity contribution < 1.29 is 4.39 Å². The standard InChI is InChI=1S/C12H16ClFN2/c1-16(7-6-15-9-2-3-9)10-4-5-12(14)11(13)8-10/h4-5,8-9,15H,2-3,6-7H2,1H3. The normalized spacial score (nSPS) is 15.2. The second-order valence-electron chi connectivity index (χ2n) is 4.25. The Balaban J connectivity index is 1.86. The molecule has 2 nitrogen and oxygen atoms in total. The van der Waals surface area contributed by atoms with Gasteiger partial charge in [-0.15, -0.1) is 0 Å². The average Bonchev–Trinajstić information content (AvgIpc) is 3.06. The van der Waals surface area contributed by atoms with Gasteiger partial charge < -0.3 is 10.2 Å². The summed E-state index contributed by atoms with van der Waals surface area (Å²) >= 11 is 5.74. The lowest BCUT2D eigenvalue weighted by molar-refractivity contribution is 0.627. The third-order valence-corrected chi connectivity index (χ3v) is 3.09. The van der Waals surface area contributed by atoms with Crippen LogP contribution < -0.4 is 10.2 Å². The van der Waals surface area contributed by atoms with Gasteiger partial charge in [0.25, 0.3) is 0 Å². The van der Waals surface area contributed by atoms with Crippen molar-refractivity contribution in [2.75, 3.05) is 25.0 Å². The Labute approximate surface area is 100 Å². The van der Waals surface area contributed by atoms with Crippen LogP contribution in [0.3, 0.4) is 0 Å². The molecule has 0 bridgehead atoms. The predicted molar refractivity (Wildman–Crippen MR) is 65.7 cm³/mol. The molecule has 88 valence electrons. The van der Waals surface area contributed by atoms with Crippen LogP contribution in [0, 0.1) is 5.82 Å². The zero-order valence-corrected chi connectivity index (χ0v) is 10.1. The van der Waals surface area contributed by atoms with Gasteiger partial charge in [0.15, 0.2) is 0 Å². The van der Waals surface area contributed by atoms with E-state index in [9.17, 15) is 4.39 Å². The minimum absolute atomic E-state index is 0.180. The van der Waals surface area contributed by atoms with Gasteiger partial charge in [0.1, 0.15) is 5.82 Å². The van der Waals surface area contributed by atoms with Crippen LogP contribution in [0.15, 0.2) is 18.2 Å². The van der Waals surface area contributed by atoms with Crippen LogP contribution in [-0.4, -0.2) is 26.2 Å². The highest BCUT2D eigenvalue weighted by molar-refractivity contribution is 6.31. The van der Waals surface area contributed by atoms with E-state index in [2.05, 4.69) is 10.2 Å². The Morgan fingerprint density at radius 3 is 2.88 bits per heavy atom. The lowest BCUT2D eigenvalue weighted by atomic mass is 10.3. The number of likely N-dealkylation sites (N-methyl/N-ethyl adjacent to an activating group) is 1. The highest BCUT2D eigenvalue weighted by Crippen LogP contribution is 2.22. The van der Waals surface area contributed by atoms with Gasteiger partial charge in [-0.05, 0) is 31.0 Å². The Morgan fingerprint density at radius 1 is 1.50 bits per heavy atom. The fourth-order valence-corrected chi connectivity index (χ4v) is 1.75. The van der Waals surface area contributed by atoms with Crippen molar-refractivity contribution in [1.29, 1.82) is 0 Å². The number of anilines is 1. The minimum Gasteiger partial charge on any atom is -0.373 e. The highest BCUT2D eigenvalue weighted by Gasteiger charge is 2.19. The number of nitrogens with zero attached hydrogens (tertiary/aromatic N) is 1. The Bertz CT molecular complexity index is 366. The number of hydrogen-bond donors (Lipinski definition) is 1. The van der Waals surface area contributed by atoms with Crippen LogP contribution >= 0.6 is 11.6 Å². The summed E-state index contributed by atoms with van der Waals surface area (Å²) in [5.74, 6) is -0.366. The van der Waals surface area contributed by atoms with Gasteiger partial charge in [-0.2, -0.15) is 0 Å². The van der Waals surface area contributed by atoms with E-state index in [1.807, 2.05) is 7.05 Å². The van der Waals surface area contributed by atoms with Gasteiger partial charge in [-0.25, -0.2) is 4.39 Å². The molecular formula is C12H16ClFN2. The van der Waals surface area contributed by atoms with Crippen LogP contribution in [0.5, 0.6) is 0 Å². The smallest absolute Gasteiger partial charge is 0.141 e. The molecule has 0 spiro atoms. The lowest BCUT2D eigenvalue weighted by Gasteiger charge is -2.19. The number of benzene rings is 1. The van der Waals surface area contributed by atoms with Crippen LogP contribution in [0.2, 0.25) is 5.02 Å². The number of hydrogen-bond acceptors (Lipinski definition) is 2. The quantitative estimate of drug-likeness (QED) is 0.854.